The molecule has 0 unspecified atom stereocenters. The molecule has 0 saturated heterocycles. The van der Waals surface area contributed by atoms with Gasteiger partial charge in [-0.1, -0.05) is 52.5 Å². The molecule has 0 radical (unpaired) electrons. The van der Waals surface area contributed by atoms with Crippen molar-refractivity contribution in [2.75, 3.05) is 18.4 Å². The average Bonchev–Trinajstić information content (AvgIpc) is 2.33. The van der Waals surface area contributed by atoms with E-state index >= 15 is 0 Å². The van der Waals surface area contributed by atoms with Crippen LogP contribution in [0, 0.1) is 0 Å². The minimum atomic E-state index is -3.55. The van der Waals surface area contributed by atoms with Crippen LogP contribution < -0.4 is 0 Å². The maximum Gasteiger partial charge on any atom is 0.243 e. The first-order valence-corrected chi connectivity index (χ1v) is 9.25. The third-order valence-electron chi connectivity index (χ3n) is 2.57. The lowest BCUT2D eigenvalue weighted by Gasteiger charge is -2.21. The molecule has 0 N–H and O–H groups in total. The van der Waals surface area contributed by atoms with E-state index in [1.807, 2.05) is 6.92 Å². The Bertz CT molecular complexity index is 502. The van der Waals surface area contributed by atoms with Crippen LogP contribution in [-0.4, -0.2) is 31.1 Å². The molecule has 0 bridgehead atoms. The molecule has 0 aliphatic carbocycles. The van der Waals surface area contributed by atoms with Gasteiger partial charge in [0.25, 0.3) is 0 Å². The standard InChI is InChI=1S/C12H16BrCl2NO2S/c1-2-3-5-16(6-4-13)19(17,18)12-8-10(14)7-11(15)9-12/h7-9H,2-6H2,1H3. The van der Waals surface area contributed by atoms with E-state index in [1.54, 1.807) is 0 Å². The largest absolute Gasteiger partial charge is 0.243 e. The molecular formula is C12H16BrCl2NO2S. The zero-order valence-corrected chi connectivity index (χ0v) is 14.5. The summed E-state index contributed by atoms with van der Waals surface area (Å²) < 4.78 is 26.5. The van der Waals surface area contributed by atoms with Gasteiger partial charge in [0, 0.05) is 28.5 Å². The number of rotatable bonds is 7. The van der Waals surface area contributed by atoms with E-state index in [-0.39, 0.29) is 4.90 Å². The molecule has 0 saturated carbocycles. The second-order valence-electron chi connectivity index (χ2n) is 4.05. The van der Waals surface area contributed by atoms with E-state index in [2.05, 4.69) is 15.9 Å². The number of halogens is 3. The van der Waals surface area contributed by atoms with E-state index in [0.717, 1.165) is 12.8 Å². The number of nitrogens with zero attached hydrogens (tertiary/aromatic N) is 1. The summed E-state index contributed by atoms with van der Waals surface area (Å²) in [5.74, 6) is 0. The Balaban J connectivity index is 3.10. The van der Waals surface area contributed by atoms with Gasteiger partial charge < -0.3 is 0 Å². The smallest absolute Gasteiger partial charge is 0.207 e. The molecule has 0 fully saturated rings. The molecule has 0 amide bonds. The SMILES string of the molecule is CCCCN(CCBr)S(=O)(=O)c1cc(Cl)cc(Cl)c1. The molecule has 1 rings (SSSR count). The monoisotopic (exact) mass is 387 g/mol. The molecule has 108 valence electrons. The first-order valence-electron chi connectivity index (χ1n) is 5.94. The van der Waals surface area contributed by atoms with Crippen molar-refractivity contribution in [3.05, 3.63) is 28.2 Å². The maximum absolute atomic E-state index is 12.5. The summed E-state index contributed by atoms with van der Waals surface area (Å²) in [4.78, 5) is 0.141. The molecule has 1 aromatic carbocycles. The molecule has 0 aliphatic heterocycles. The van der Waals surface area contributed by atoms with Gasteiger partial charge in [-0.15, -0.1) is 0 Å². The highest BCUT2D eigenvalue weighted by molar-refractivity contribution is 9.09. The molecule has 0 spiro atoms. The van der Waals surface area contributed by atoms with E-state index in [0.29, 0.717) is 28.5 Å². The fourth-order valence-electron chi connectivity index (χ4n) is 1.61. The van der Waals surface area contributed by atoms with Gasteiger partial charge in [0.2, 0.25) is 10.0 Å². The van der Waals surface area contributed by atoms with Crippen molar-refractivity contribution in [2.45, 2.75) is 24.7 Å². The lowest BCUT2D eigenvalue weighted by atomic mass is 10.3. The molecule has 0 atom stereocenters. The zero-order chi connectivity index (χ0) is 14.5. The van der Waals surface area contributed by atoms with Gasteiger partial charge in [-0.2, -0.15) is 4.31 Å². The lowest BCUT2D eigenvalue weighted by Crippen LogP contribution is -2.33. The predicted octanol–water partition coefficient (Wildman–Crippen LogP) is 4.18. The van der Waals surface area contributed by atoms with Crippen molar-refractivity contribution in [3.8, 4) is 0 Å². The Hall–Kier alpha value is 0.190. The summed E-state index contributed by atoms with van der Waals surface area (Å²) >= 11 is 15.0. The Kier molecular flexibility index (Phi) is 7.11. The predicted molar refractivity (Wildman–Crippen MR) is 83.9 cm³/mol. The third kappa shape index (κ3) is 4.90. The van der Waals surface area contributed by atoms with Gasteiger partial charge in [0.1, 0.15) is 0 Å². The van der Waals surface area contributed by atoms with E-state index in [9.17, 15) is 8.42 Å². The van der Waals surface area contributed by atoms with E-state index in [4.69, 9.17) is 23.2 Å². The van der Waals surface area contributed by atoms with Gasteiger partial charge in [0.15, 0.2) is 0 Å². The van der Waals surface area contributed by atoms with Crippen LogP contribution in [0.4, 0.5) is 0 Å². The topological polar surface area (TPSA) is 37.4 Å². The minimum absolute atomic E-state index is 0.141. The highest BCUT2D eigenvalue weighted by Gasteiger charge is 2.24. The molecular weight excluding hydrogens is 373 g/mol. The van der Waals surface area contributed by atoms with Crippen LogP contribution in [0.15, 0.2) is 23.1 Å². The second-order valence-corrected chi connectivity index (χ2v) is 7.66. The van der Waals surface area contributed by atoms with Gasteiger partial charge in [0.05, 0.1) is 4.90 Å². The Morgan fingerprint density at radius 3 is 2.21 bits per heavy atom. The van der Waals surface area contributed by atoms with Crippen molar-refractivity contribution >= 4 is 49.2 Å². The molecule has 3 nitrogen and oxygen atoms in total. The Labute approximate surface area is 133 Å². The van der Waals surface area contributed by atoms with Gasteiger partial charge >= 0.3 is 0 Å². The summed E-state index contributed by atoms with van der Waals surface area (Å²) in [6, 6.07) is 4.37. The van der Waals surface area contributed by atoms with Gasteiger partial charge in [-0.05, 0) is 24.6 Å². The first-order chi connectivity index (χ1) is 8.91. The van der Waals surface area contributed by atoms with Crippen molar-refractivity contribution in [1.29, 1.82) is 0 Å². The number of hydrogen-bond acceptors (Lipinski definition) is 2. The Morgan fingerprint density at radius 2 is 1.74 bits per heavy atom. The van der Waals surface area contributed by atoms with Crippen LogP contribution in [0.3, 0.4) is 0 Å². The molecule has 0 aromatic heterocycles. The summed E-state index contributed by atoms with van der Waals surface area (Å²) in [7, 11) is -3.55. The average molecular weight is 389 g/mol. The van der Waals surface area contributed by atoms with Crippen LogP contribution in [0.1, 0.15) is 19.8 Å². The fourth-order valence-corrected chi connectivity index (χ4v) is 4.48. The van der Waals surface area contributed by atoms with Gasteiger partial charge in [-0.3, -0.25) is 0 Å². The van der Waals surface area contributed by atoms with Crippen LogP contribution in [0.2, 0.25) is 10.0 Å². The molecule has 7 heteroatoms. The molecule has 19 heavy (non-hydrogen) atoms. The van der Waals surface area contributed by atoms with E-state index in [1.165, 1.54) is 22.5 Å². The highest BCUT2D eigenvalue weighted by Crippen LogP contribution is 2.25. The fraction of sp³-hybridized carbons (Fsp3) is 0.500. The van der Waals surface area contributed by atoms with Crippen molar-refractivity contribution < 1.29 is 8.42 Å². The summed E-state index contributed by atoms with van der Waals surface area (Å²) in [6.07, 6.45) is 1.76. The number of unbranched alkanes of at least 4 members (excludes halogenated alkanes) is 1. The third-order valence-corrected chi connectivity index (χ3v) is 5.24. The molecule has 0 aliphatic rings. The number of alkyl halides is 1. The zero-order valence-electron chi connectivity index (χ0n) is 10.6. The Morgan fingerprint density at radius 1 is 1.16 bits per heavy atom. The normalized spacial score (nSPS) is 12.1. The quantitative estimate of drug-likeness (QED) is 0.657. The van der Waals surface area contributed by atoms with Crippen LogP contribution in [0.25, 0.3) is 0 Å². The number of hydrogen-bond donors (Lipinski definition) is 0. The maximum atomic E-state index is 12.5. The molecule has 0 heterocycles. The molecule has 1 aromatic rings. The van der Waals surface area contributed by atoms with Crippen molar-refractivity contribution in [3.63, 3.8) is 0 Å². The lowest BCUT2D eigenvalue weighted by molar-refractivity contribution is 0.422. The van der Waals surface area contributed by atoms with Crippen molar-refractivity contribution in [2.24, 2.45) is 0 Å². The summed E-state index contributed by atoms with van der Waals surface area (Å²) in [5, 5.41) is 1.23. The van der Waals surface area contributed by atoms with Crippen molar-refractivity contribution in [1.82, 2.24) is 4.31 Å². The highest BCUT2D eigenvalue weighted by atomic mass is 79.9. The van der Waals surface area contributed by atoms with Crippen LogP contribution >= 0.6 is 39.1 Å². The first kappa shape index (κ1) is 17.2. The summed E-state index contributed by atoms with van der Waals surface area (Å²) in [6.45, 7) is 2.94. The van der Waals surface area contributed by atoms with Crippen LogP contribution in [-0.2, 0) is 10.0 Å². The van der Waals surface area contributed by atoms with Gasteiger partial charge in [-0.25, -0.2) is 8.42 Å². The minimum Gasteiger partial charge on any atom is -0.207 e. The number of benzene rings is 1. The summed E-state index contributed by atoms with van der Waals surface area (Å²) in [5.41, 5.74) is 0. The van der Waals surface area contributed by atoms with E-state index < -0.39 is 10.0 Å². The number of sulfonamides is 1. The second kappa shape index (κ2) is 7.84. The van der Waals surface area contributed by atoms with Crippen LogP contribution in [0.5, 0.6) is 0 Å².